The number of hydrogen-bond acceptors (Lipinski definition) is 5. The normalized spacial score (nSPS) is 10.4. The summed E-state index contributed by atoms with van der Waals surface area (Å²) in [6, 6.07) is 13.6. The van der Waals surface area contributed by atoms with E-state index in [-0.39, 0.29) is 5.91 Å². The average molecular weight is 338 g/mol. The van der Waals surface area contributed by atoms with Gasteiger partial charge in [-0.15, -0.1) is 21.5 Å². The first-order chi connectivity index (χ1) is 11.6. The molecule has 122 valence electrons. The van der Waals surface area contributed by atoms with Gasteiger partial charge in [0, 0.05) is 10.6 Å². The fourth-order valence-electron chi connectivity index (χ4n) is 2.32. The molecule has 2 heterocycles. The second-order valence-corrected chi connectivity index (χ2v) is 6.58. The Morgan fingerprint density at radius 2 is 1.88 bits per heavy atom. The number of aromatic nitrogens is 2. The molecule has 1 aromatic carbocycles. The largest absolute Gasteiger partial charge is 0.339 e. The maximum Gasteiger partial charge on any atom is 0.230 e. The molecule has 2 N–H and O–H groups in total. The van der Waals surface area contributed by atoms with E-state index in [1.54, 1.807) is 23.5 Å². The number of benzene rings is 1. The van der Waals surface area contributed by atoms with E-state index in [9.17, 15) is 4.79 Å². The van der Waals surface area contributed by atoms with Crippen molar-refractivity contribution in [3.63, 3.8) is 0 Å². The highest BCUT2D eigenvalue weighted by Crippen LogP contribution is 2.20. The minimum Gasteiger partial charge on any atom is -0.339 e. The van der Waals surface area contributed by atoms with Gasteiger partial charge in [0.15, 0.2) is 11.6 Å². The van der Waals surface area contributed by atoms with E-state index in [4.69, 9.17) is 0 Å². The van der Waals surface area contributed by atoms with Crippen molar-refractivity contribution in [3.05, 3.63) is 63.8 Å². The van der Waals surface area contributed by atoms with Crippen molar-refractivity contribution in [2.45, 2.75) is 20.3 Å². The molecule has 0 spiro atoms. The van der Waals surface area contributed by atoms with Crippen LogP contribution < -0.4 is 10.6 Å². The summed E-state index contributed by atoms with van der Waals surface area (Å²) in [5, 5.41) is 16.1. The molecule has 24 heavy (non-hydrogen) atoms. The van der Waals surface area contributed by atoms with E-state index in [2.05, 4.69) is 33.8 Å². The average Bonchev–Trinajstić information content (AvgIpc) is 3.04. The van der Waals surface area contributed by atoms with Crippen molar-refractivity contribution in [1.29, 1.82) is 0 Å². The quantitative estimate of drug-likeness (QED) is 0.735. The lowest BCUT2D eigenvalue weighted by molar-refractivity contribution is -0.115. The first-order valence-corrected chi connectivity index (χ1v) is 8.48. The molecule has 3 aromatic rings. The van der Waals surface area contributed by atoms with E-state index < -0.39 is 0 Å². The predicted molar refractivity (Wildman–Crippen MR) is 97.9 cm³/mol. The third-order valence-electron chi connectivity index (χ3n) is 3.49. The molecule has 5 nitrogen and oxygen atoms in total. The summed E-state index contributed by atoms with van der Waals surface area (Å²) in [5.41, 5.74) is 3.35. The fourth-order valence-corrected chi connectivity index (χ4v) is 3.02. The number of carbonyl (C=O) groups excluding carboxylic acids is 1. The van der Waals surface area contributed by atoms with E-state index in [1.165, 1.54) is 5.56 Å². The van der Waals surface area contributed by atoms with Crippen molar-refractivity contribution in [1.82, 2.24) is 10.2 Å². The SMILES string of the molecule is Cc1ccc(Nc2ccc(NC(=O)Cc3cccs3)nn2)c(C)c1. The van der Waals surface area contributed by atoms with Crippen LogP contribution in [0.2, 0.25) is 0 Å². The first-order valence-electron chi connectivity index (χ1n) is 7.60. The van der Waals surface area contributed by atoms with Crippen LogP contribution in [0.25, 0.3) is 0 Å². The van der Waals surface area contributed by atoms with Gasteiger partial charge in [-0.05, 0) is 49.1 Å². The van der Waals surface area contributed by atoms with Gasteiger partial charge < -0.3 is 10.6 Å². The molecule has 0 radical (unpaired) electrons. The second kappa shape index (κ2) is 7.23. The summed E-state index contributed by atoms with van der Waals surface area (Å²) in [6.45, 7) is 4.10. The second-order valence-electron chi connectivity index (χ2n) is 5.55. The molecule has 0 aliphatic carbocycles. The van der Waals surface area contributed by atoms with E-state index >= 15 is 0 Å². The number of amides is 1. The van der Waals surface area contributed by atoms with Crippen LogP contribution in [0.1, 0.15) is 16.0 Å². The molecule has 0 aliphatic rings. The Hall–Kier alpha value is -2.73. The third kappa shape index (κ3) is 4.17. The van der Waals surface area contributed by atoms with E-state index in [0.29, 0.717) is 18.1 Å². The molecule has 2 aromatic heterocycles. The van der Waals surface area contributed by atoms with Gasteiger partial charge in [-0.25, -0.2) is 0 Å². The number of anilines is 3. The molecule has 0 aliphatic heterocycles. The molecule has 0 saturated carbocycles. The van der Waals surface area contributed by atoms with Crippen LogP contribution in [0.15, 0.2) is 47.8 Å². The Kier molecular flexibility index (Phi) is 4.86. The number of aryl methyl sites for hydroxylation is 2. The van der Waals surface area contributed by atoms with E-state index in [1.807, 2.05) is 36.6 Å². The van der Waals surface area contributed by atoms with Crippen molar-refractivity contribution in [2.75, 3.05) is 10.6 Å². The van der Waals surface area contributed by atoms with Crippen molar-refractivity contribution < 1.29 is 4.79 Å². The summed E-state index contributed by atoms with van der Waals surface area (Å²) in [5.74, 6) is 0.989. The Morgan fingerprint density at radius 1 is 1.08 bits per heavy atom. The zero-order chi connectivity index (χ0) is 16.9. The molecular weight excluding hydrogens is 320 g/mol. The molecule has 0 unspecified atom stereocenters. The highest BCUT2D eigenvalue weighted by Gasteiger charge is 2.07. The standard InChI is InChI=1S/C18H18N4OS/c1-12-5-6-15(13(2)10-12)19-16-7-8-17(22-21-16)20-18(23)11-14-4-3-9-24-14/h3-10H,11H2,1-2H3,(H,19,21)(H,20,22,23). The maximum absolute atomic E-state index is 11.9. The van der Waals surface area contributed by atoms with Crippen LogP contribution in [0, 0.1) is 13.8 Å². The van der Waals surface area contributed by atoms with Gasteiger partial charge in [0.1, 0.15) is 0 Å². The Labute approximate surface area is 144 Å². The van der Waals surface area contributed by atoms with Gasteiger partial charge in [0.25, 0.3) is 0 Å². The topological polar surface area (TPSA) is 66.9 Å². The maximum atomic E-state index is 11.9. The molecule has 0 fully saturated rings. The zero-order valence-electron chi connectivity index (χ0n) is 13.5. The zero-order valence-corrected chi connectivity index (χ0v) is 14.4. The molecular formula is C18H18N4OS. The van der Waals surface area contributed by atoms with Crippen molar-refractivity contribution in [3.8, 4) is 0 Å². The van der Waals surface area contributed by atoms with Gasteiger partial charge >= 0.3 is 0 Å². The summed E-state index contributed by atoms with van der Waals surface area (Å²) < 4.78 is 0. The van der Waals surface area contributed by atoms with Gasteiger partial charge in [-0.3, -0.25) is 4.79 Å². The van der Waals surface area contributed by atoms with Crippen molar-refractivity contribution >= 4 is 34.6 Å². The lowest BCUT2D eigenvalue weighted by atomic mass is 10.1. The van der Waals surface area contributed by atoms with E-state index in [0.717, 1.165) is 16.1 Å². The van der Waals surface area contributed by atoms with Gasteiger partial charge in [-0.1, -0.05) is 23.8 Å². The summed E-state index contributed by atoms with van der Waals surface area (Å²) in [7, 11) is 0. The Morgan fingerprint density at radius 3 is 2.54 bits per heavy atom. The number of hydrogen-bond donors (Lipinski definition) is 2. The third-order valence-corrected chi connectivity index (χ3v) is 4.37. The summed E-state index contributed by atoms with van der Waals surface area (Å²) in [4.78, 5) is 13.0. The van der Waals surface area contributed by atoms with Crippen LogP contribution in [0.3, 0.4) is 0 Å². The minimum absolute atomic E-state index is 0.0955. The van der Waals surface area contributed by atoms with Crippen LogP contribution in [0.5, 0.6) is 0 Å². The van der Waals surface area contributed by atoms with Crippen LogP contribution in [-0.2, 0) is 11.2 Å². The fraction of sp³-hybridized carbons (Fsp3) is 0.167. The predicted octanol–water partition coefficient (Wildman–Crippen LogP) is 4.08. The van der Waals surface area contributed by atoms with Gasteiger partial charge in [-0.2, -0.15) is 0 Å². The summed E-state index contributed by atoms with van der Waals surface area (Å²) >= 11 is 1.56. The molecule has 0 atom stereocenters. The lowest BCUT2D eigenvalue weighted by Gasteiger charge is -2.09. The van der Waals surface area contributed by atoms with Gasteiger partial charge in [0.05, 0.1) is 6.42 Å². The minimum atomic E-state index is -0.0955. The molecule has 0 bridgehead atoms. The Bertz CT molecular complexity index is 829. The highest BCUT2D eigenvalue weighted by molar-refractivity contribution is 7.10. The highest BCUT2D eigenvalue weighted by atomic mass is 32.1. The first kappa shape index (κ1) is 16.1. The van der Waals surface area contributed by atoms with Crippen LogP contribution >= 0.6 is 11.3 Å². The number of nitrogens with zero attached hydrogens (tertiary/aromatic N) is 2. The molecule has 0 saturated heterocycles. The van der Waals surface area contributed by atoms with Crippen LogP contribution in [0.4, 0.5) is 17.3 Å². The molecule has 6 heteroatoms. The monoisotopic (exact) mass is 338 g/mol. The molecule has 1 amide bonds. The number of nitrogens with one attached hydrogen (secondary N) is 2. The molecule has 3 rings (SSSR count). The van der Waals surface area contributed by atoms with Gasteiger partial charge in [0.2, 0.25) is 5.91 Å². The summed E-state index contributed by atoms with van der Waals surface area (Å²) in [6.07, 6.45) is 0.349. The number of rotatable bonds is 5. The van der Waals surface area contributed by atoms with Crippen LogP contribution in [-0.4, -0.2) is 16.1 Å². The lowest BCUT2D eigenvalue weighted by Crippen LogP contribution is -2.15. The number of carbonyl (C=O) groups is 1. The number of thiophene rings is 1. The van der Waals surface area contributed by atoms with Crippen molar-refractivity contribution in [2.24, 2.45) is 0 Å². The Balaban J connectivity index is 1.61. The smallest absolute Gasteiger partial charge is 0.230 e.